The van der Waals surface area contributed by atoms with Crippen molar-refractivity contribution >= 4 is 17.2 Å². The quantitative estimate of drug-likeness (QED) is 0.902. The zero-order chi connectivity index (χ0) is 13.2. The molecule has 104 valence electrons. The highest BCUT2D eigenvalue weighted by atomic mass is 32.1. The summed E-state index contributed by atoms with van der Waals surface area (Å²) < 4.78 is 0. The number of nitrogens with one attached hydrogen (secondary N) is 1. The largest absolute Gasteiger partial charge is 0.333 e. The van der Waals surface area contributed by atoms with E-state index in [0.29, 0.717) is 17.8 Å². The lowest BCUT2D eigenvalue weighted by Crippen LogP contribution is -2.52. The van der Waals surface area contributed by atoms with Gasteiger partial charge in [0.25, 0.3) is 5.91 Å². The first-order valence-corrected chi connectivity index (χ1v) is 8.10. The summed E-state index contributed by atoms with van der Waals surface area (Å²) in [6.45, 7) is 3.94. The van der Waals surface area contributed by atoms with Crippen molar-refractivity contribution in [3.63, 3.8) is 0 Å². The van der Waals surface area contributed by atoms with E-state index >= 15 is 0 Å². The molecule has 0 spiro atoms. The van der Waals surface area contributed by atoms with Crippen molar-refractivity contribution < 1.29 is 4.79 Å². The molecule has 2 aliphatic heterocycles. The van der Waals surface area contributed by atoms with Gasteiger partial charge >= 0.3 is 0 Å². The van der Waals surface area contributed by atoms with Gasteiger partial charge in [0.2, 0.25) is 0 Å². The van der Waals surface area contributed by atoms with Crippen LogP contribution in [0.15, 0.2) is 5.38 Å². The minimum absolute atomic E-state index is 0.128. The van der Waals surface area contributed by atoms with Crippen LogP contribution in [0.1, 0.15) is 47.6 Å². The Kier molecular flexibility index (Phi) is 3.84. The van der Waals surface area contributed by atoms with Gasteiger partial charge in [0.1, 0.15) is 5.69 Å². The number of thiazole rings is 1. The number of hydrogen-bond acceptors (Lipinski definition) is 4. The minimum Gasteiger partial charge on any atom is -0.333 e. The first-order valence-electron chi connectivity index (χ1n) is 7.22. The predicted molar refractivity (Wildman–Crippen MR) is 76.6 cm³/mol. The molecule has 1 aromatic heterocycles. The molecule has 0 saturated carbocycles. The van der Waals surface area contributed by atoms with Crippen molar-refractivity contribution in [2.24, 2.45) is 0 Å². The molecule has 3 rings (SSSR count). The highest BCUT2D eigenvalue weighted by Gasteiger charge is 2.35. The van der Waals surface area contributed by atoms with Crippen LogP contribution in [-0.4, -0.2) is 41.0 Å². The molecular formula is C14H21N3OS. The molecule has 4 nitrogen and oxygen atoms in total. The SMILES string of the molecule is Cc1nc(C(=O)N2CCCCC2C2CCCN2)cs1. The Morgan fingerprint density at radius 3 is 3.00 bits per heavy atom. The zero-order valence-corrected chi connectivity index (χ0v) is 12.2. The van der Waals surface area contributed by atoms with Crippen LogP contribution < -0.4 is 5.32 Å². The molecule has 3 heterocycles. The van der Waals surface area contributed by atoms with E-state index in [1.54, 1.807) is 11.3 Å². The van der Waals surface area contributed by atoms with E-state index in [2.05, 4.69) is 15.2 Å². The lowest BCUT2D eigenvalue weighted by Gasteiger charge is -2.39. The maximum atomic E-state index is 12.6. The molecule has 1 aromatic rings. The second-order valence-corrected chi connectivity index (χ2v) is 6.58. The second kappa shape index (κ2) is 5.59. The molecule has 2 aliphatic rings. The fourth-order valence-electron chi connectivity index (χ4n) is 3.28. The topological polar surface area (TPSA) is 45.2 Å². The standard InChI is InChI=1S/C14H21N3OS/c1-10-16-12(9-19-10)14(18)17-8-3-2-6-13(17)11-5-4-7-15-11/h9,11,13,15H,2-8H2,1H3. The number of carbonyl (C=O) groups is 1. The smallest absolute Gasteiger partial charge is 0.273 e. The fourth-order valence-corrected chi connectivity index (χ4v) is 3.86. The van der Waals surface area contributed by atoms with E-state index < -0.39 is 0 Å². The third-order valence-corrected chi connectivity index (χ3v) is 4.98. The maximum absolute atomic E-state index is 12.6. The van der Waals surface area contributed by atoms with Gasteiger partial charge in [0.15, 0.2) is 0 Å². The van der Waals surface area contributed by atoms with E-state index in [-0.39, 0.29) is 5.91 Å². The highest BCUT2D eigenvalue weighted by Crippen LogP contribution is 2.26. The molecule has 5 heteroatoms. The van der Waals surface area contributed by atoms with Crippen molar-refractivity contribution in [2.75, 3.05) is 13.1 Å². The fraction of sp³-hybridized carbons (Fsp3) is 0.714. The first-order chi connectivity index (χ1) is 9.25. The Morgan fingerprint density at radius 1 is 1.42 bits per heavy atom. The van der Waals surface area contributed by atoms with E-state index in [1.807, 2.05) is 12.3 Å². The molecule has 1 N–H and O–H groups in total. The number of nitrogens with zero attached hydrogens (tertiary/aromatic N) is 2. The van der Waals surface area contributed by atoms with E-state index in [1.165, 1.54) is 19.3 Å². The Balaban J connectivity index is 1.77. The van der Waals surface area contributed by atoms with Crippen LogP contribution in [0.2, 0.25) is 0 Å². The molecular weight excluding hydrogens is 258 g/mol. The summed E-state index contributed by atoms with van der Waals surface area (Å²) in [6.07, 6.45) is 5.93. The monoisotopic (exact) mass is 279 g/mol. The van der Waals surface area contributed by atoms with Gasteiger partial charge in [-0.2, -0.15) is 0 Å². The van der Waals surface area contributed by atoms with Gasteiger partial charge in [-0.25, -0.2) is 4.98 Å². The number of likely N-dealkylation sites (tertiary alicyclic amines) is 1. The van der Waals surface area contributed by atoms with Crippen LogP contribution in [0.4, 0.5) is 0 Å². The molecule has 19 heavy (non-hydrogen) atoms. The predicted octanol–water partition coefficient (Wildman–Crippen LogP) is 2.20. The number of aromatic nitrogens is 1. The lowest BCUT2D eigenvalue weighted by atomic mass is 9.94. The van der Waals surface area contributed by atoms with E-state index in [0.717, 1.165) is 30.9 Å². The van der Waals surface area contributed by atoms with Crippen molar-refractivity contribution in [2.45, 2.75) is 51.1 Å². The van der Waals surface area contributed by atoms with Crippen LogP contribution in [0.3, 0.4) is 0 Å². The summed E-state index contributed by atoms with van der Waals surface area (Å²) in [4.78, 5) is 19.0. The second-order valence-electron chi connectivity index (χ2n) is 5.52. The number of hydrogen-bond donors (Lipinski definition) is 1. The minimum atomic E-state index is 0.128. The van der Waals surface area contributed by atoms with Gasteiger partial charge in [-0.15, -0.1) is 11.3 Å². The van der Waals surface area contributed by atoms with Crippen LogP contribution >= 0.6 is 11.3 Å². The Labute approximate surface area is 118 Å². The van der Waals surface area contributed by atoms with Gasteiger partial charge in [-0.05, 0) is 45.6 Å². The first kappa shape index (κ1) is 13.1. The lowest BCUT2D eigenvalue weighted by molar-refractivity contribution is 0.0558. The molecule has 2 fully saturated rings. The number of carbonyl (C=O) groups excluding carboxylic acids is 1. The molecule has 0 aliphatic carbocycles. The number of piperidine rings is 1. The molecule has 0 aromatic carbocycles. The normalized spacial score (nSPS) is 27.7. The maximum Gasteiger partial charge on any atom is 0.273 e. The Hall–Kier alpha value is -0.940. The molecule has 2 atom stereocenters. The van der Waals surface area contributed by atoms with Gasteiger partial charge in [-0.3, -0.25) is 4.79 Å². The summed E-state index contributed by atoms with van der Waals surface area (Å²) in [7, 11) is 0. The van der Waals surface area contributed by atoms with Crippen LogP contribution in [0.25, 0.3) is 0 Å². The van der Waals surface area contributed by atoms with Crippen molar-refractivity contribution in [1.82, 2.24) is 15.2 Å². The van der Waals surface area contributed by atoms with Crippen LogP contribution in [-0.2, 0) is 0 Å². The van der Waals surface area contributed by atoms with Gasteiger partial charge in [0.05, 0.1) is 5.01 Å². The summed E-state index contributed by atoms with van der Waals surface area (Å²) in [5.41, 5.74) is 0.632. The molecule has 1 amide bonds. The number of aryl methyl sites for hydroxylation is 1. The number of rotatable bonds is 2. The molecule has 0 radical (unpaired) electrons. The molecule has 2 unspecified atom stereocenters. The van der Waals surface area contributed by atoms with Gasteiger partial charge in [-0.1, -0.05) is 0 Å². The number of amides is 1. The van der Waals surface area contributed by atoms with Crippen LogP contribution in [0, 0.1) is 6.92 Å². The van der Waals surface area contributed by atoms with E-state index in [4.69, 9.17) is 0 Å². The highest BCUT2D eigenvalue weighted by molar-refractivity contribution is 7.09. The third-order valence-electron chi connectivity index (χ3n) is 4.21. The summed E-state index contributed by atoms with van der Waals surface area (Å²) in [5.74, 6) is 0.128. The summed E-state index contributed by atoms with van der Waals surface area (Å²) in [6, 6.07) is 0.856. The average molecular weight is 279 g/mol. The third kappa shape index (κ3) is 2.67. The van der Waals surface area contributed by atoms with Crippen LogP contribution in [0.5, 0.6) is 0 Å². The van der Waals surface area contributed by atoms with Crippen molar-refractivity contribution in [3.8, 4) is 0 Å². The van der Waals surface area contributed by atoms with E-state index in [9.17, 15) is 4.79 Å². The summed E-state index contributed by atoms with van der Waals surface area (Å²) >= 11 is 1.56. The average Bonchev–Trinajstić information content (AvgIpc) is 3.09. The van der Waals surface area contributed by atoms with Gasteiger partial charge < -0.3 is 10.2 Å². The Bertz CT molecular complexity index is 453. The van der Waals surface area contributed by atoms with Crippen molar-refractivity contribution in [3.05, 3.63) is 16.1 Å². The Morgan fingerprint density at radius 2 is 2.32 bits per heavy atom. The van der Waals surface area contributed by atoms with Gasteiger partial charge in [0, 0.05) is 24.0 Å². The van der Waals surface area contributed by atoms with Crippen molar-refractivity contribution in [1.29, 1.82) is 0 Å². The summed E-state index contributed by atoms with van der Waals surface area (Å²) in [5, 5.41) is 6.42. The molecule has 0 bridgehead atoms. The molecule has 2 saturated heterocycles. The zero-order valence-electron chi connectivity index (χ0n) is 11.4.